The van der Waals surface area contributed by atoms with Crippen molar-refractivity contribution < 1.29 is 0 Å². The third kappa shape index (κ3) is 3.55. The molecule has 19 heavy (non-hydrogen) atoms. The zero-order valence-electron chi connectivity index (χ0n) is 11.2. The van der Waals surface area contributed by atoms with E-state index >= 15 is 0 Å². The molecule has 0 aliphatic heterocycles. The van der Waals surface area contributed by atoms with Crippen molar-refractivity contribution >= 4 is 21.7 Å². The van der Waals surface area contributed by atoms with Crippen molar-refractivity contribution in [3.63, 3.8) is 0 Å². The summed E-state index contributed by atoms with van der Waals surface area (Å²) in [5, 5.41) is 0. The number of halogens is 1. The standard InChI is InChI=1S/C15H18BrN3/c1-11(17)14-4-3-9-18-15(14)19(2)10-12-5-7-13(16)8-6-12/h3-9,11H,10,17H2,1-2H3/t11-/m0/s1. The Kier molecular flexibility index (Phi) is 4.56. The summed E-state index contributed by atoms with van der Waals surface area (Å²) in [7, 11) is 2.04. The minimum atomic E-state index is -0.0175. The molecule has 0 aliphatic carbocycles. The molecule has 0 unspecified atom stereocenters. The van der Waals surface area contributed by atoms with Crippen molar-refractivity contribution in [2.75, 3.05) is 11.9 Å². The molecule has 0 amide bonds. The number of nitrogens with zero attached hydrogens (tertiary/aromatic N) is 2. The second kappa shape index (κ2) is 6.17. The van der Waals surface area contributed by atoms with Crippen LogP contribution in [0.4, 0.5) is 5.82 Å². The lowest BCUT2D eigenvalue weighted by molar-refractivity contribution is 0.788. The van der Waals surface area contributed by atoms with Gasteiger partial charge in [-0.3, -0.25) is 0 Å². The van der Waals surface area contributed by atoms with Gasteiger partial charge in [0.25, 0.3) is 0 Å². The highest BCUT2D eigenvalue weighted by Crippen LogP contribution is 2.23. The first-order valence-electron chi connectivity index (χ1n) is 6.24. The lowest BCUT2D eigenvalue weighted by Crippen LogP contribution is -2.21. The van der Waals surface area contributed by atoms with Crippen LogP contribution in [0.5, 0.6) is 0 Å². The average molecular weight is 320 g/mol. The first kappa shape index (κ1) is 14.0. The number of rotatable bonds is 4. The third-order valence-electron chi connectivity index (χ3n) is 3.00. The van der Waals surface area contributed by atoms with Gasteiger partial charge in [0.1, 0.15) is 5.82 Å². The smallest absolute Gasteiger partial charge is 0.133 e. The van der Waals surface area contributed by atoms with Gasteiger partial charge in [-0.2, -0.15) is 0 Å². The van der Waals surface area contributed by atoms with Gasteiger partial charge in [0, 0.05) is 35.9 Å². The highest BCUT2D eigenvalue weighted by Gasteiger charge is 2.11. The topological polar surface area (TPSA) is 42.1 Å². The van der Waals surface area contributed by atoms with Crippen LogP contribution < -0.4 is 10.6 Å². The van der Waals surface area contributed by atoms with Gasteiger partial charge in [0.15, 0.2) is 0 Å². The predicted octanol–water partition coefficient (Wildman–Crippen LogP) is 3.50. The Balaban J connectivity index is 2.20. The number of anilines is 1. The van der Waals surface area contributed by atoms with Crippen LogP contribution in [0.3, 0.4) is 0 Å². The van der Waals surface area contributed by atoms with E-state index in [4.69, 9.17) is 5.73 Å². The van der Waals surface area contributed by atoms with E-state index in [2.05, 4.69) is 37.9 Å². The minimum Gasteiger partial charge on any atom is -0.355 e. The zero-order valence-corrected chi connectivity index (χ0v) is 12.8. The molecule has 2 N–H and O–H groups in total. The molecule has 0 saturated carbocycles. The van der Waals surface area contributed by atoms with Crippen molar-refractivity contribution in [1.82, 2.24) is 4.98 Å². The summed E-state index contributed by atoms with van der Waals surface area (Å²) >= 11 is 3.44. The van der Waals surface area contributed by atoms with Crippen molar-refractivity contribution in [2.24, 2.45) is 5.73 Å². The maximum atomic E-state index is 5.99. The molecule has 1 aromatic carbocycles. The fraction of sp³-hybridized carbons (Fsp3) is 0.267. The number of benzene rings is 1. The Morgan fingerprint density at radius 3 is 2.58 bits per heavy atom. The van der Waals surface area contributed by atoms with Gasteiger partial charge < -0.3 is 10.6 Å². The maximum Gasteiger partial charge on any atom is 0.133 e. The Morgan fingerprint density at radius 1 is 1.26 bits per heavy atom. The van der Waals surface area contributed by atoms with E-state index in [1.165, 1.54) is 5.56 Å². The summed E-state index contributed by atoms with van der Waals surface area (Å²) < 4.78 is 1.09. The normalized spacial score (nSPS) is 12.2. The SMILES string of the molecule is C[C@H](N)c1cccnc1N(C)Cc1ccc(Br)cc1. The van der Waals surface area contributed by atoms with E-state index in [0.717, 1.165) is 22.4 Å². The number of pyridine rings is 1. The van der Waals surface area contributed by atoms with Gasteiger partial charge in [-0.05, 0) is 30.7 Å². The molecular formula is C15H18BrN3. The van der Waals surface area contributed by atoms with Crippen LogP contribution >= 0.6 is 15.9 Å². The van der Waals surface area contributed by atoms with Gasteiger partial charge in [-0.15, -0.1) is 0 Å². The van der Waals surface area contributed by atoms with Crippen LogP contribution in [0, 0.1) is 0 Å². The van der Waals surface area contributed by atoms with Gasteiger partial charge in [0.2, 0.25) is 0 Å². The monoisotopic (exact) mass is 319 g/mol. The second-order valence-corrected chi connectivity index (χ2v) is 5.60. The Morgan fingerprint density at radius 2 is 1.95 bits per heavy atom. The van der Waals surface area contributed by atoms with Gasteiger partial charge in [0.05, 0.1) is 0 Å². The van der Waals surface area contributed by atoms with E-state index in [1.54, 1.807) is 6.20 Å². The van der Waals surface area contributed by atoms with E-state index in [0.29, 0.717) is 0 Å². The molecule has 100 valence electrons. The molecule has 2 rings (SSSR count). The molecule has 0 bridgehead atoms. The Labute approximate surface area is 122 Å². The molecule has 3 nitrogen and oxygen atoms in total. The summed E-state index contributed by atoms with van der Waals surface area (Å²) in [6.07, 6.45) is 1.80. The van der Waals surface area contributed by atoms with Crippen LogP contribution in [0.1, 0.15) is 24.1 Å². The molecule has 2 aromatic rings. The van der Waals surface area contributed by atoms with Crippen LogP contribution in [-0.2, 0) is 6.54 Å². The molecule has 1 atom stereocenters. The van der Waals surface area contributed by atoms with Crippen molar-refractivity contribution in [2.45, 2.75) is 19.5 Å². The third-order valence-corrected chi connectivity index (χ3v) is 3.53. The lowest BCUT2D eigenvalue weighted by atomic mass is 10.1. The molecule has 0 fully saturated rings. The van der Waals surface area contributed by atoms with E-state index in [9.17, 15) is 0 Å². The zero-order chi connectivity index (χ0) is 13.8. The molecule has 1 aromatic heterocycles. The van der Waals surface area contributed by atoms with E-state index in [-0.39, 0.29) is 6.04 Å². The summed E-state index contributed by atoms with van der Waals surface area (Å²) in [6, 6.07) is 12.3. The quantitative estimate of drug-likeness (QED) is 0.937. The molecular weight excluding hydrogens is 302 g/mol. The average Bonchev–Trinajstić information content (AvgIpc) is 2.41. The molecule has 4 heteroatoms. The summed E-state index contributed by atoms with van der Waals surface area (Å²) in [4.78, 5) is 6.58. The first-order chi connectivity index (χ1) is 9.08. The lowest BCUT2D eigenvalue weighted by Gasteiger charge is -2.22. The first-order valence-corrected chi connectivity index (χ1v) is 7.03. The number of hydrogen-bond acceptors (Lipinski definition) is 3. The van der Waals surface area contributed by atoms with Crippen molar-refractivity contribution in [3.05, 3.63) is 58.2 Å². The van der Waals surface area contributed by atoms with E-state index < -0.39 is 0 Å². The van der Waals surface area contributed by atoms with Crippen LogP contribution in [-0.4, -0.2) is 12.0 Å². The second-order valence-electron chi connectivity index (χ2n) is 4.69. The summed E-state index contributed by atoms with van der Waals surface area (Å²) in [5.74, 6) is 0.945. The Hall–Kier alpha value is -1.39. The molecule has 1 heterocycles. The van der Waals surface area contributed by atoms with Crippen molar-refractivity contribution in [1.29, 1.82) is 0 Å². The molecule has 0 saturated heterocycles. The van der Waals surface area contributed by atoms with Crippen molar-refractivity contribution in [3.8, 4) is 0 Å². The summed E-state index contributed by atoms with van der Waals surface area (Å²) in [6.45, 7) is 2.79. The van der Waals surface area contributed by atoms with Crippen LogP contribution in [0.25, 0.3) is 0 Å². The number of hydrogen-bond donors (Lipinski definition) is 1. The molecule has 0 aliphatic rings. The largest absolute Gasteiger partial charge is 0.355 e. The van der Waals surface area contributed by atoms with E-state index in [1.807, 2.05) is 38.2 Å². The summed E-state index contributed by atoms with van der Waals surface area (Å²) in [5.41, 5.74) is 8.31. The van der Waals surface area contributed by atoms with Crippen LogP contribution in [0.2, 0.25) is 0 Å². The van der Waals surface area contributed by atoms with Gasteiger partial charge >= 0.3 is 0 Å². The molecule has 0 spiro atoms. The fourth-order valence-corrected chi connectivity index (χ4v) is 2.29. The maximum absolute atomic E-state index is 5.99. The minimum absolute atomic E-state index is 0.0175. The molecule has 0 radical (unpaired) electrons. The number of aromatic nitrogens is 1. The highest BCUT2D eigenvalue weighted by atomic mass is 79.9. The number of nitrogens with two attached hydrogens (primary N) is 1. The highest BCUT2D eigenvalue weighted by molar-refractivity contribution is 9.10. The fourth-order valence-electron chi connectivity index (χ4n) is 2.02. The van der Waals surface area contributed by atoms with Gasteiger partial charge in [-0.1, -0.05) is 34.1 Å². The van der Waals surface area contributed by atoms with Crippen LogP contribution in [0.15, 0.2) is 47.1 Å². The van der Waals surface area contributed by atoms with Gasteiger partial charge in [-0.25, -0.2) is 4.98 Å². The predicted molar refractivity (Wildman–Crippen MR) is 83.1 cm³/mol. The Bertz CT molecular complexity index is 537.